The van der Waals surface area contributed by atoms with Gasteiger partial charge in [-0.25, -0.2) is 4.79 Å². The fourth-order valence-corrected chi connectivity index (χ4v) is 3.46. The number of amides is 5. The zero-order valence-electron chi connectivity index (χ0n) is 24.1. The minimum Gasteiger partial charge on any atom is -0.480 e. The summed E-state index contributed by atoms with van der Waals surface area (Å²) in [5, 5.41) is 59.1. The van der Waals surface area contributed by atoms with Crippen LogP contribution in [0.1, 0.15) is 47.0 Å². The van der Waals surface area contributed by atoms with Crippen molar-refractivity contribution in [2.75, 3.05) is 13.2 Å². The number of nitrogens with one attached hydrogen (secondary N) is 5. The molecule has 0 aromatic heterocycles. The van der Waals surface area contributed by atoms with Crippen molar-refractivity contribution in [3.8, 4) is 0 Å². The second-order valence-electron chi connectivity index (χ2n) is 9.88. The Hall–Kier alpha value is -3.42. The maximum atomic E-state index is 12.8. The molecule has 0 aromatic rings. The number of aliphatic hydroxyl groups is 4. The predicted molar refractivity (Wildman–Crippen MR) is 146 cm³/mol. The van der Waals surface area contributed by atoms with Crippen LogP contribution in [0.2, 0.25) is 0 Å². The molecule has 0 aliphatic heterocycles. The van der Waals surface area contributed by atoms with Gasteiger partial charge in [-0.05, 0) is 47.1 Å². The van der Waals surface area contributed by atoms with E-state index < -0.39 is 96.7 Å². The van der Waals surface area contributed by atoms with Gasteiger partial charge in [-0.1, -0.05) is 6.42 Å². The van der Waals surface area contributed by atoms with Gasteiger partial charge in [-0.2, -0.15) is 0 Å². The smallest absolute Gasteiger partial charge is 0.328 e. The van der Waals surface area contributed by atoms with Crippen LogP contribution in [0.3, 0.4) is 0 Å². The summed E-state index contributed by atoms with van der Waals surface area (Å²) in [5.41, 5.74) is 11.2. The lowest BCUT2D eigenvalue weighted by atomic mass is 10.1. The molecular weight excluding hydrogens is 562 g/mol. The van der Waals surface area contributed by atoms with Crippen molar-refractivity contribution < 1.29 is 54.3 Å². The SMILES string of the molecule is C[C@H](NC(=O)[C@H](CO)NC(=O)[C@@H](N)CCCCN)C(=O)N[C@H](C(=O)N[C@H](C(=O)N[C@H](C(=O)O)[C@@H](C)O)[C@@H](C)O)[C@@H](C)O. The van der Waals surface area contributed by atoms with E-state index in [4.69, 9.17) is 16.6 Å². The lowest BCUT2D eigenvalue weighted by Gasteiger charge is -2.28. The van der Waals surface area contributed by atoms with E-state index in [1.54, 1.807) is 0 Å². The second kappa shape index (κ2) is 18.9. The van der Waals surface area contributed by atoms with Crippen molar-refractivity contribution in [1.82, 2.24) is 26.6 Å². The number of aliphatic hydroxyl groups excluding tert-OH is 4. The van der Waals surface area contributed by atoms with Crippen LogP contribution < -0.4 is 38.1 Å². The van der Waals surface area contributed by atoms with Gasteiger partial charge in [0.1, 0.15) is 24.2 Å². The third-order valence-corrected chi connectivity index (χ3v) is 6.05. The van der Waals surface area contributed by atoms with Gasteiger partial charge < -0.3 is 63.6 Å². The van der Waals surface area contributed by atoms with E-state index in [1.807, 2.05) is 5.32 Å². The number of rotatable bonds is 19. The summed E-state index contributed by atoms with van der Waals surface area (Å²) in [5.74, 6) is -6.52. The first-order valence-corrected chi connectivity index (χ1v) is 13.3. The van der Waals surface area contributed by atoms with Gasteiger partial charge in [0, 0.05) is 0 Å². The van der Waals surface area contributed by atoms with Crippen molar-refractivity contribution in [1.29, 1.82) is 0 Å². The molecule has 0 heterocycles. The summed E-state index contributed by atoms with van der Waals surface area (Å²) in [6, 6.07) is -8.98. The van der Waals surface area contributed by atoms with E-state index in [2.05, 4.69) is 21.3 Å². The molecule has 0 spiro atoms. The normalized spacial score (nSPS) is 17.6. The summed E-state index contributed by atoms with van der Waals surface area (Å²) in [4.78, 5) is 74.2. The van der Waals surface area contributed by atoms with Crippen LogP contribution >= 0.6 is 0 Å². The largest absolute Gasteiger partial charge is 0.480 e. The van der Waals surface area contributed by atoms with Crippen molar-refractivity contribution in [3.63, 3.8) is 0 Å². The van der Waals surface area contributed by atoms with E-state index in [-0.39, 0.29) is 0 Å². The molecule has 9 atom stereocenters. The lowest BCUT2D eigenvalue weighted by Crippen LogP contribution is -2.63. The predicted octanol–water partition coefficient (Wildman–Crippen LogP) is -5.89. The highest BCUT2D eigenvalue weighted by atomic mass is 16.4. The average molecular weight is 608 g/mol. The zero-order chi connectivity index (χ0) is 32.7. The van der Waals surface area contributed by atoms with Gasteiger partial charge in [0.2, 0.25) is 29.5 Å². The minimum absolute atomic E-state index is 0.294. The first-order valence-electron chi connectivity index (χ1n) is 13.3. The maximum absolute atomic E-state index is 12.8. The summed E-state index contributed by atoms with van der Waals surface area (Å²) in [6.07, 6.45) is -3.13. The van der Waals surface area contributed by atoms with Gasteiger partial charge in [-0.15, -0.1) is 0 Å². The van der Waals surface area contributed by atoms with Crippen LogP contribution in [-0.4, -0.2) is 129 Å². The third kappa shape index (κ3) is 13.0. The topological polar surface area (TPSA) is 316 Å². The fraction of sp³-hybridized carbons (Fsp3) is 0.750. The molecule has 5 amide bonds. The molecule has 0 aromatic carbocycles. The van der Waals surface area contributed by atoms with Crippen LogP contribution in [-0.2, 0) is 28.8 Å². The van der Waals surface area contributed by atoms with Crippen LogP contribution in [0.4, 0.5) is 0 Å². The van der Waals surface area contributed by atoms with Crippen LogP contribution in [0, 0.1) is 0 Å². The van der Waals surface area contributed by atoms with Gasteiger partial charge in [-0.3, -0.25) is 24.0 Å². The average Bonchev–Trinajstić information content (AvgIpc) is 2.90. The Bertz CT molecular complexity index is 932. The van der Waals surface area contributed by atoms with Crippen LogP contribution in [0.15, 0.2) is 0 Å². The highest BCUT2D eigenvalue weighted by molar-refractivity contribution is 5.96. The second-order valence-corrected chi connectivity index (χ2v) is 9.88. The summed E-state index contributed by atoms with van der Waals surface area (Å²) < 4.78 is 0. The molecule has 0 bridgehead atoms. The number of nitrogens with two attached hydrogens (primary N) is 2. The van der Waals surface area contributed by atoms with E-state index in [9.17, 15) is 49.2 Å². The Kier molecular flexibility index (Phi) is 17.4. The Labute approximate surface area is 243 Å². The van der Waals surface area contributed by atoms with Crippen molar-refractivity contribution in [3.05, 3.63) is 0 Å². The first-order chi connectivity index (χ1) is 19.5. The first kappa shape index (κ1) is 38.6. The molecular formula is C24H45N7O11. The standard InChI is InChI=1S/C24H45N7O11/c1-10(27-21(38)15(9-32)28-20(37)14(26)7-5-6-8-25)19(36)29-16(11(2)33)22(39)30-17(12(3)34)23(40)31-18(13(4)35)24(41)42/h10-18,32-35H,5-9,25-26H2,1-4H3,(H,27,38)(H,28,37)(H,29,36)(H,30,39)(H,31,40)(H,41,42)/t10-,11+,12+,13+,14-,15-,16-,17-,18-/m0/s1. The Morgan fingerprint density at radius 3 is 1.50 bits per heavy atom. The van der Waals surface area contributed by atoms with Gasteiger partial charge >= 0.3 is 5.97 Å². The van der Waals surface area contributed by atoms with E-state index >= 15 is 0 Å². The van der Waals surface area contributed by atoms with Crippen molar-refractivity contribution in [2.45, 2.75) is 102 Å². The molecule has 0 rings (SSSR count). The molecule has 18 heteroatoms. The zero-order valence-corrected chi connectivity index (χ0v) is 24.1. The lowest BCUT2D eigenvalue weighted by molar-refractivity contribution is -0.146. The summed E-state index contributed by atoms with van der Waals surface area (Å²) in [6.45, 7) is 4.16. The van der Waals surface area contributed by atoms with Crippen LogP contribution in [0.25, 0.3) is 0 Å². The molecule has 0 aliphatic carbocycles. The van der Waals surface area contributed by atoms with E-state index in [0.29, 0.717) is 25.8 Å². The molecule has 0 fully saturated rings. The Balaban J connectivity index is 5.37. The molecule has 18 nitrogen and oxygen atoms in total. The number of hydrogen-bond donors (Lipinski definition) is 12. The molecule has 0 saturated carbocycles. The van der Waals surface area contributed by atoms with Crippen molar-refractivity contribution >= 4 is 35.5 Å². The quantitative estimate of drug-likeness (QED) is 0.0609. The van der Waals surface area contributed by atoms with E-state index in [1.165, 1.54) is 6.92 Å². The maximum Gasteiger partial charge on any atom is 0.328 e. The highest BCUT2D eigenvalue weighted by Gasteiger charge is 2.35. The highest BCUT2D eigenvalue weighted by Crippen LogP contribution is 2.03. The molecule has 0 saturated heterocycles. The van der Waals surface area contributed by atoms with Gasteiger partial charge in [0.05, 0.1) is 31.0 Å². The van der Waals surface area contributed by atoms with Crippen LogP contribution in [0.5, 0.6) is 0 Å². The third-order valence-electron chi connectivity index (χ3n) is 6.05. The number of carboxylic acid groups (broad SMARTS) is 1. The monoisotopic (exact) mass is 607 g/mol. The van der Waals surface area contributed by atoms with Gasteiger partial charge in [0.25, 0.3) is 0 Å². The fourth-order valence-electron chi connectivity index (χ4n) is 3.46. The number of carboxylic acids is 1. The molecule has 0 aliphatic rings. The minimum atomic E-state index is -1.76. The molecule has 0 unspecified atom stereocenters. The summed E-state index contributed by atoms with van der Waals surface area (Å²) in [7, 11) is 0. The number of hydrogen-bond acceptors (Lipinski definition) is 12. The van der Waals surface area contributed by atoms with Crippen molar-refractivity contribution in [2.24, 2.45) is 11.5 Å². The molecule has 0 radical (unpaired) electrons. The number of carbonyl (C=O) groups is 6. The Morgan fingerprint density at radius 2 is 1.10 bits per heavy atom. The van der Waals surface area contributed by atoms with Gasteiger partial charge in [0.15, 0.2) is 6.04 Å². The molecule has 242 valence electrons. The number of unbranched alkanes of at least 4 members (excludes halogenated alkanes) is 1. The number of carbonyl (C=O) groups excluding carboxylic acids is 5. The number of aliphatic carboxylic acids is 1. The molecule has 42 heavy (non-hydrogen) atoms. The van der Waals surface area contributed by atoms with E-state index in [0.717, 1.165) is 20.8 Å². The molecule has 14 N–H and O–H groups in total. The summed E-state index contributed by atoms with van der Waals surface area (Å²) >= 11 is 0. The Morgan fingerprint density at radius 1 is 0.643 bits per heavy atom.